The Morgan fingerprint density at radius 2 is 2.11 bits per heavy atom. The maximum Gasteiger partial charge on any atom is 0.128 e. The van der Waals surface area contributed by atoms with E-state index in [2.05, 4.69) is 39.3 Å². The number of imidazole rings is 1. The molecule has 0 amide bonds. The number of rotatable bonds is 3. The summed E-state index contributed by atoms with van der Waals surface area (Å²) >= 11 is 0. The molecule has 19 heavy (non-hydrogen) atoms. The largest absolute Gasteiger partial charge is 0.375 e. The molecule has 4 heteroatoms. The van der Waals surface area contributed by atoms with Crippen LogP contribution in [0.4, 0.5) is 5.69 Å². The van der Waals surface area contributed by atoms with Gasteiger partial charge in [-0.15, -0.1) is 0 Å². The van der Waals surface area contributed by atoms with Crippen molar-refractivity contribution >= 4 is 16.6 Å². The van der Waals surface area contributed by atoms with Gasteiger partial charge in [0, 0.05) is 29.2 Å². The molecule has 3 rings (SSSR count). The SMILES string of the molecule is Cc1cc(NC(C)c2ncc[nH]2)c2ccccc2n1. The van der Waals surface area contributed by atoms with Crippen molar-refractivity contribution < 1.29 is 0 Å². The van der Waals surface area contributed by atoms with Crippen LogP contribution in [0.1, 0.15) is 24.5 Å². The molecule has 0 saturated carbocycles. The lowest BCUT2D eigenvalue weighted by Gasteiger charge is -2.15. The van der Waals surface area contributed by atoms with Crippen molar-refractivity contribution in [3.63, 3.8) is 0 Å². The summed E-state index contributed by atoms with van der Waals surface area (Å²) in [4.78, 5) is 12.0. The summed E-state index contributed by atoms with van der Waals surface area (Å²) in [6.07, 6.45) is 3.60. The Balaban J connectivity index is 2.00. The van der Waals surface area contributed by atoms with Gasteiger partial charge in [0.05, 0.1) is 11.6 Å². The van der Waals surface area contributed by atoms with Gasteiger partial charge in [-0.05, 0) is 26.0 Å². The third kappa shape index (κ3) is 2.29. The second-order valence-electron chi connectivity index (χ2n) is 4.67. The minimum Gasteiger partial charge on any atom is -0.375 e. The predicted octanol–water partition coefficient (Wildman–Crippen LogP) is 3.44. The number of aromatic nitrogens is 3. The van der Waals surface area contributed by atoms with Gasteiger partial charge in [0.15, 0.2) is 0 Å². The van der Waals surface area contributed by atoms with Gasteiger partial charge in [0.2, 0.25) is 0 Å². The first-order valence-corrected chi connectivity index (χ1v) is 6.36. The zero-order chi connectivity index (χ0) is 13.2. The van der Waals surface area contributed by atoms with E-state index >= 15 is 0 Å². The van der Waals surface area contributed by atoms with Gasteiger partial charge in [0.25, 0.3) is 0 Å². The van der Waals surface area contributed by atoms with E-state index in [1.54, 1.807) is 6.20 Å². The van der Waals surface area contributed by atoms with Crippen molar-refractivity contribution in [2.24, 2.45) is 0 Å². The summed E-state index contributed by atoms with van der Waals surface area (Å²) < 4.78 is 0. The summed E-state index contributed by atoms with van der Waals surface area (Å²) in [5, 5.41) is 4.63. The zero-order valence-electron chi connectivity index (χ0n) is 11.0. The molecule has 96 valence electrons. The van der Waals surface area contributed by atoms with Crippen LogP contribution in [0, 0.1) is 6.92 Å². The fourth-order valence-electron chi connectivity index (χ4n) is 2.24. The van der Waals surface area contributed by atoms with Gasteiger partial charge in [-0.25, -0.2) is 4.98 Å². The monoisotopic (exact) mass is 252 g/mol. The fraction of sp³-hybridized carbons (Fsp3) is 0.200. The quantitative estimate of drug-likeness (QED) is 0.750. The van der Waals surface area contributed by atoms with Gasteiger partial charge in [-0.2, -0.15) is 0 Å². The topological polar surface area (TPSA) is 53.6 Å². The lowest BCUT2D eigenvalue weighted by atomic mass is 10.1. The van der Waals surface area contributed by atoms with Crippen molar-refractivity contribution in [1.29, 1.82) is 0 Å². The number of pyridine rings is 1. The molecule has 2 N–H and O–H groups in total. The summed E-state index contributed by atoms with van der Waals surface area (Å²) in [5.41, 5.74) is 3.11. The van der Waals surface area contributed by atoms with Crippen LogP contribution in [0.3, 0.4) is 0 Å². The molecule has 3 aromatic rings. The first-order valence-electron chi connectivity index (χ1n) is 6.36. The van der Waals surface area contributed by atoms with Crippen molar-refractivity contribution in [3.8, 4) is 0 Å². The third-order valence-corrected chi connectivity index (χ3v) is 3.15. The highest BCUT2D eigenvalue weighted by molar-refractivity contribution is 5.91. The van der Waals surface area contributed by atoms with E-state index in [1.165, 1.54) is 0 Å². The summed E-state index contributed by atoms with van der Waals surface area (Å²) in [6, 6.07) is 10.3. The molecule has 0 saturated heterocycles. The molecule has 2 aromatic heterocycles. The van der Waals surface area contributed by atoms with E-state index in [1.807, 2.05) is 31.3 Å². The van der Waals surface area contributed by atoms with E-state index in [9.17, 15) is 0 Å². The van der Waals surface area contributed by atoms with Crippen molar-refractivity contribution in [3.05, 3.63) is 54.2 Å². The molecule has 0 spiro atoms. The standard InChI is InChI=1S/C15H16N4/c1-10-9-14(12-5-3-4-6-13(12)18-10)19-11(2)15-16-7-8-17-15/h3-9,11H,1-2H3,(H,16,17)(H,18,19). The Hall–Kier alpha value is -2.36. The highest BCUT2D eigenvalue weighted by Crippen LogP contribution is 2.26. The van der Waals surface area contributed by atoms with Crippen molar-refractivity contribution in [2.45, 2.75) is 19.9 Å². The number of aromatic amines is 1. The Bertz CT molecular complexity index is 688. The fourth-order valence-corrected chi connectivity index (χ4v) is 2.24. The van der Waals surface area contributed by atoms with Crippen LogP contribution in [-0.2, 0) is 0 Å². The molecular formula is C15H16N4. The van der Waals surface area contributed by atoms with Crippen LogP contribution in [0.5, 0.6) is 0 Å². The van der Waals surface area contributed by atoms with Crippen LogP contribution in [0.15, 0.2) is 42.7 Å². The van der Waals surface area contributed by atoms with E-state index in [0.29, 0.717) is 0 Å². The maximum atomic E-state index is 4.54. The van der Waals surface area contributed by atoms with Crippen LogP contribution in [0.2, 0.25) is 0 Å². The first-order chi connectivity index (χ1) is 9.24. The number of fused-ring (bicyclic) bond motifs is 1. The van der Waals surface area contributed by atoms with Gasteiger partial charge >= 0.3 is 0 Å². The maximum absolute atomic E-state index is 4.54. The average molecular weight is 252 g/mol. The number of hydrogen-bond acceptors (Lipinski definition) is 3. The molecule has 4 nitrogen and oxygen atoms in total. The number of nitrogens with one attached hydrogen (secondary N) is 2. The number of para-hydroxylation sites is 1. The molecule has 0 bridgehead atoms. The molecule has 2 heterocycles. The van der Waals surface area contributed by atoms with Crippen LogP contribution in [0.25, 0.3) is 10.9 Å². The highest BCUT2D eigenvalue weighted by Gasteiger charge is 2.10. The molecule has 0 aliphatic heterocycles. The molecule has 1 unspecified atom stereocenters. The number of nitrogens with zero attached hydrogens (tertiary/aromatic N) is 2. The smallest absolute Gasteiger partial charge is 0.128 e. The van der Waals surface area contributed by atoms with E-state index in [4.69, 9.17) is 0 Å². The first kappa shape index (κ1) is 11.7. The molecule has 0 fully saturated rings. The second-order valence-corrected chi connectivity index (χ2v) is 4.67. The van der Waals surface area contributed by atoms with Crippen molar-refractivity contribution in [2.75, 3.05) is 5.32 Å². The van der Waals surface area contributed by atoms with E-state index in [0.717, 1.165) is 28.1 Å². The third-order valence-electron chi connectivity index (χ3n) is 3.15. The predicted molar refractivity (Wildman–Crippen MR) is 77.1 cm³/mol. The molecule has 1 aromatic carbocycles. The number of hydrogen-bond donors (Lipinski definition) is 2. The normalized spacial score (nSPS) is 12.5. The number of anilines is 1. The Kier molecular flexibility index (Phi) is 2.91. The Morgan fingerprint density at radius 3 is 2.89 bits per heavy atom. The molecule has 1 atom stereocenters. The minimum absolute atomic E-state index is 0.125. The lowest BCUT2D eigenvalue weighted by Crippen LogP contribution is -2.09. The van der Waals surface area contributed by atoms with Gasteiger partial charge in [-0.3, -0.25) is 4.98 Å². The van der Waals surface area contributed by atoms with Crippen molar-refractivity contribution in [1.82, 2.24) is 15.0 Å². The highest BCUT2D eigenvalue weighted by atomic mass is 15.0. The van der Waals surface area contributed by atoms with E-state index < -0.39 is 0 Å². The zero-order valence-corrected chi connectivity index (χ0v) is 11.0. The average Bonchev–Trinajstić information content (AvgIpc) is 2.92. The lowest BCUT2D eigenvalue weighted by molar-refractivity contribution is 0.811. The molecular weight excluding hydrogens is 236 g/mol. The van der Waals surface area contributed by atoms with Gasteiger partial charge < -0.3 is 10.3 Å². The van der Waals surface area contributed by atoms with Gasteiger partial charge in [0.1, 0.15) is 5.82 Å². The number of H-pyrrole nitrogens is 1. The number of aryl methyl sites for hydroxylation is 1. The summed E-state index contributed by atoms with van der Waals surface area (Å²) in [6.45, 7) is 4.10. The Morgan fingerprint density at radius 1 is 1.26 bits per heavy atom. The molecule has 0 aliphatic rings. The second kappa shape index (κ2) is 4.72. The van der Waals surface area contributed by atoms with Gasteiger partial charge in [-0.1, -0.05) is 18.2 Å². The summed E-state index contributed by atoms with van der Waals surface area (Å²) in [7, 11) is 0. The Labute approximate surface area is 111 Å². The van der Waals surface area contributed by atoms with E-state index in [-0.39, 0.29) is 6.04 Å². The van der Waals surface area contributed by atoms with Crippen LogP contribution < -0.4 is 5.32 Å². The minimum atomic E-state index is 0.125. The summed E-state index contributed by atoms with van der Waals surface area (Å²) in [5.74, 6) is 0.929. The molecule has 0 radical (unpaired) electrons. The van der Waals surface area contributed by atoms with Crippen LogP contribution >= 0.6 is 0 Å². The van der Waals surface area contributed by atoms with Crippen LogP contribution in [-0.4, -0.2) is 15.0 Å². The molecule has 0 aliphatic carbocycles. The number of benzene rings is 1.